The summed E-state index contributed by atoms with van der Waals surface area (Å²) in [4.78, 5) is 10.3. The van der Waals surface area contributed by atoms with Crippen molar-refractivity contribution in [3.63, 3.8) is 0 Å². The minimum atomic E-state index is -4.74. The lowest BCUT2D eigenvalue weighted by Gasteiger charge is -2.16. The Kier molecular flexibility index (Phi) is 2.37. The van der Waals surface area contributed by atoms with E-state index >= 15 is 0 Å². The van der Waals surface area contributed by atoms with Gasteiger partial charge in [0, 0.05) is 5.56 Å². The van der Waals surface area contributed by atoms with Gasteiger partial charge in [-0.25, -0.2) is 4.79 Å². The van der Waals surface area contributed by atoms with Crippen LogP contribution < -0.4 is 5.11 Å². The molecule has 1 rings (SSSR count). The molecule has 0 unspecified atom stereocenters. The van der Waals surface area contributed by atoms with Gasteiger partial charge in [0.25, 0.3) is 0 Å². The van der Waals surface area contributed by atoms with Crippen LogP contribution in [0.15, 0.2) is 18.2 Å². The zero-order chi connectivity index (χ0) is 10.9. The molecule has 3 nitrogen and oxygen atoms in total. The van der Waals surface area contributed by atoms with Gasteiger partial charge < -0.3 is 10.2 Å². The highest BCUT2D eigenvalue weighted by atomic mass is 19.4. The number of alkyl halides is 3. The Labute approximate surface area is 76.4 Å². The van der Waals surface area contributed by atoms with E-state index in [-0.39, 0.29) is 0 Å². The number of hydrogen-bond acceptors (Lipinski definition) is 2. The van der Waals surface area contributed by atoms with E-state index in [1.165, 1.54) is 0 Å². The second kappa shape index (κ2) is 3.21. The largest absolute Gasteiger partial charge is 0.872 e. The smallest absolute Gasteiger partial charge is 0.415 e. The number of halogens is 3. The summed E-state index contributed by atoms with van der Waals surface area (Å²) in [6.07, 6.45) is -4.74. The molecule has 1 aromatic carbocycles. The molecule has 0 saturated heterocycles. The van der Waals surface area contributed by atoms with Crippen LogP contribution in [0, 0.1) is 0 Å². The summed E-state index contributed by atoms with van der Waals surface area (Å²) in [7, 11) is 0. The number of aromatic carboxylic acids is 1. The molecule has 0 heterocycles. The van der Waals surface area contributed by atoms with Crippen LogP contribution >= 0.6 is 0 Å². The Bertz CT molecular complexity index is 371. The van der Waals surface area contributed by atoms with E-state index in [0.29, 0.717) is 12.1 Å². The SMILES string of the molecule is O=C(O)c1ccc(C(F)(F)F)c([O-])c1. The lowest BCUT2D eigenvalue weighted by atomic mass is 10.1. The molecule has 14 heavy (non-hydrogen) atoms. The number of carboxylic acids is 1. The van der Waals surface area contributed by atoms with E-state index in [1.54, 1.807) is 0 Å². The molecule has 0 aromatic heterocycles. The third-order valence-electron chi connectivity index (χ3n) is 1.53. The Morgan fingerprint density at radius 1 is 1.36 bits per heavy atom. The molecule has 1 N–H and O–H groups in total. The zero-order valence-electron chi connectivity index (χ0n) is 6.63. The minimum absolute atomic E-state index is 0.450. The molecular weight excluding hydrogens is 201 g/mol. The molecule has 0 aliphatic heterocycles. The summed E-state index contributed by atoms with van der Waals surface area (Å²) in [6.45, 7) is 0. The average Bonchev–Trinajstić information content (AvgIpc) is 2.01. The lowest BCUT2D eigenvalue weighted by molar-refractivity contribution is -0.276. The highest BCUT2D eigenvalue weighted by molar-refractivity contribution is 5.88. The molecule has 1 aromatic rings. The molecule has 0 aliphatic rings. The lowest BCUT2D eigenvalue weighted by Crippen LogP contribution is -2.11. The molecule has 0 bridgehead atoms. The quantitative estimate of drug-likeness (QED) is 0.755. The summed E-state index contributed by atoms with van der Waals surface area (Å²) in [6, 6.07) is 1.66. The van der Waals surface area contributed by atoms with Crippen LogP contribution in [0.2, 0.25) is 0 Å². The van der Waals surface area contributed by atoms with Gasteiger partial charge in [-0.1, -0.05) is 11.8 Å². The molecule has 0 aliphatic carbocycles. The fourth-order valence-corrected chi connectivity index (χ4v) is 0.890. The summed E-state index contributed by atoms with van der Waals surface area (Å²) < 4.78 is 36.1. The van der Waals surface area contributed by atoms with Gasteiger partial charge in [-0.05, 0) is 12.1 Å². The van der Waals surface area contributed by atoms with Crippen molar-refractivity contribution in [2.45, 2.75) is 6.18 Å². The average molecular weight is 205 g/mol. The molecule has 0 atom stereocenters. The van der Waals surface area contributed by atoms with Crippen molar-refractivity contribution < 1.29 is 28.2 Å². The van der Waals surface area contributed by atoms with Gasteiger partial charge >= 0.3 is 12.1 Å². The predicted molar refractivity (Wildman–Crippen MR) is 37.8 cm³/mol. The molecule has 6 heteroatoms. The normalized spacial score (nSPS) is 11.4. The van der Waals surface area contributed by atoms with Crippen LogP contribution in [0.4, 0.5) is 13.2 Å². The van der Waals surface area contributed by atoms with E-state index in [0.717, 1.165) is 6.07 Å². The first kappa shape index (κ1) is 10.4. The van der Waals surface area contributed by atoms with Crippen LogP contribution in [-0.4, -0.2) is 11.1 Å². The number of rotatable bonds is 1. The topological polar surface area (TPSA) is 60.4 Å². The van der Waals surface area contributed by atoms with Gasteiger partial charge in [0.05, 0.1) is 5.56 Å². The summed E-state index contributed by atoms with van der Waals surface area (Å²) in [5, 5.41) is 19.2. The van der Waals surface area contributed by atoms with Gasteiger partial charge in [0.2, 0.25) is 0 Å². The van der Waals surface area contributed by atoms with Crippen molar-refractivity contribution in [2.75, 3.05) is 0 Å². The van der Waals surface area contributed by atoms with Gasteiger partial charge in [0.1, 0.15) is 0 Å². The fourth-order valence-electron chi connectivity index (χ4n) is 0.890. The monoisotopic (exact) mass is 205 g/mol. The first-order valence-electron chi connectivity index (χ1n) is 3.44. The molecule has 0 radical (unpaired) electrons. The van der Waals surface area contributed by atoms with Crippen molar-refractivity contribution in [3.8, 4) is 5.75 Å². The molecule has 76 valence electrons. The highest BCUT2D eigenvalue weighted by Gasteiger charge is 2.31. The Morgan fingerprint density at radius 3 is 2.29 bits per heavy atom. The van der Waals surface area contributed by atoms with E-state index in [2.05, 4.69) is 0 Å². The van der Waals surface area contributed by atoms with Crippen molar-refractivity contribution in [1.29, 1.82) is 0 Å². The Balaban J connectivity index is 3.21. The van der Waals surface area contributed by atoms with Gasteiger partial charge in [-0.2, -0.15) is 13.2 Å². The maximum absolute atomic E-state index is 12.0. The van der Waals surface area contributed by atoms with Crippen LogP contribution in [0.3, 0.4) is 0 Å². The van der Waals surface area contributed by atoms with E-state index in [4.69, 9.17) is 5.11 Å². The first-order chi connectivity index (χ1) is 6.32. The third kappa shape index (κ3) is 1.95. The standard InChI is InChI=1S/C8H5F3O3/c9-8(10,11)5-2-1-4(7(13)14)3-6(5)12/h1-3,12H,(H,13,14)/p-1. The van der Waals surface area contributed by atoms with Crippen molar-refractivity contribution in [2.24, 2.45) is 0 Å². The van der Waals surface area contributed by atoms with Crippen LogP contribution in [-0.2, 0) is 6.18 Å². The fraction of sp³-hybridized carbons (Fsp3) is 0.125. The van der Waals surface area contributed by atoms with Crippen LogP contribution in [0.25, 0.3) is 0 Å². The number of hydrogen-bond donors (Lipinski definition) is 1. The molecular formula is C8H4F3O3-. The maximum atomic E-state index is 12.0. The molecule has 0 amide bonds. The number of carboxylic acid groups (broad SMARTS) is 1. The summed E-state index contributed by atoms with van der Waals surface area (Å²) in [5.41, 5.74) is -1.81. The van der Waals surface area contributed by atoms with Crippen molar-refractivity contribution >= 4 is 5.97 Å². The molecule has 0 spiro atoms. The van der Waals surface area contributed by atoms with E-state index < -0.39 is 29.0 Å². The number of benzene rings is 1. The second-order valence-electron chi connectivity index (χ2n) is 2.51. The Morgan fingerprint density at radius 2 is 1.93 bits per heavy atom. The van der Waals surface area contributed by atoms with Gasteiger partial charge in [0.15, 0.2) is 0 Å². The Hall–Kier alpha value is -1.72. The third-order valence-corrected chi connectivity index (χ3v) is 1.53. The maximum Gasteiger partial charge on any atom is 0.415 e. The van der Waals surface area contributed by atoms with E-state index in [1.807, 2.05) is 0 Å². The van der Waals surface area contributed by atoms with Gasteiger partial charge in [-0.15, -0.1) is 0 Å². The van der Waals surface area contributed by atoms with E-state index in [9.17, 15) is 23.1 Å². The van der Waals surface area contributed by atoms with Crippen LogP contribution in [0.1, 0.15) is 15.9 Å². The number of carbonyl (C=O) groups is 1. The van der Waals surface area contributed by atoms with Gasteiger partial charge in [-0.3, -0.25) is 0 Å². The molecule has 0 fully saturated rings. The summed E-state index contributed by atoms with van der Waals surface area (Å²) in [5.74, 6) is -2.77. The van der Waals surface area contributed by atoms with Crippen molar-refractivity contribution in [3.05, 3.63) is 29.3 Å². The zero-order valence-corrected chi connectivity index (χ0v) is 6.63. The van der Waals surface area contributed by atoms with Crippen LogP contribution in [0.5, 0.6) is 5.75 Å². The first-order valence-corrected chi connectivity index (χ1v) is 3.44. The minimum Gasteiger partial charge on any atom is -0.872 e. The second-order valence-corrected chi connectivity index (χ2v) is 2.51. The summed E-state index contributed by atoms with van der Waals surface area (Å²) >= 11 is 0. The molecule has 0 saturated carbocycles. The predicted octanol–water partition coefficient (Wildman–Crippen LogP) is 1.48. The highest BCUT2D eigenvalue weighted by Crippen LogP contribution is 2.34. The van der Waals surface area contributed by atoms with Crippen molar-refractivity contribution in [1.82, 2.24) is 0 Å².